The van der Waals surface area contributed by atoms with Gasteiger partial charge in [0.2, 0.25) is 15.9 Å². The maximum Gasteiger partial charge on any atom is 0.417 e. The number of hydrogen-bond acceptors (Lipinski definition) is 3. The predicted octanol–water partition coefficient (Wildman–Crippen LogP) is 5.63. The van der Waals surface area contributed by atoms with Crippen LogP contribution in [-0.4, -0.2) is 31.2 Å². The van der Waals surface area contributed by atoms with E-state index in [0.29, 0.717) is 29.5 Å². The second-order valence-corrected chi connectivity index (χ2v) is 10.6. The van der Waals surface area contributed by atoms with E-state index in [0.717, 1.165) is 34.6 Å². The molecular weight excluding hydrogens is 520 g/mol. The first kappa shape index (κ1) is 26.1. The largest absolute Gasteiger partial charge is 0.417 e. The third-order valence-electron chi connectivity index (χ3n) is 5.93. The van der Waals surface area contributed by atoms with Gasteiger partial charge in [-0.15, -0.1) is 0 Å². The molecule has 4 rings (SSSR count). The van der Waals surface area contributed by atoms with Crippen molar-refractivity contribution in [2.75, 3.05) is 6.54 Å². The van der Waals surface area contributed by atoms with E-state index in [-0.39, 0.29) is 18.0 Å². The fourth-order valence-electron chi connectivity index (χ4n) is 4.12. The van der Waals surface area contributed by atoms with Gasteiger partial charge in [-0.25, -0.2) is 12.8 Å². The first-order chi connectivity index (χ1) is 17.0. The lowest BCUT2D eigenvalue weighted by Crippen LogP contribution is -2.45. The molecule has 3 aromatic carbocycles. The van der Waals surface area contributed by atoms with E-state index < -0.39 is 44.6 Å². The minimum absolute atomic E-state index is 0.0853. The monoisotopic (exact) mass is 540 g/mol. The van der Waals surface area contributed by atoms with Crippen LogP contribution in [-0.2, 0) is 27.5 Å². The summed E-state index contributed by atoms with van der Waals surface area (Å²) in [6, 6.07) is 13.8. The SMILES string of the molecule is O=C(NCc1cccc(-c2ccc(C(F)(F)F)c(Cl)c2)c1)[C@@H]1CCCN1S(=O)(=O)c1ccc(F)cc1. The molecule has 1 fully saturated rings. The maximum absolute atomic E-state index is 13.2. The number of nitrogens with one attached hydrogen (secondary N) is 1. The summed E-state index contributed by atoms with van der Waals surface area (Å²) in [6.07, 6.45) is -3.71. The van der Waals surface area contributed by atoms with Gasteiger partial charge in [0.15, 0.2) is 0 Å². The zero-order chi connectivity index (χ0) is 26.1. The molecule has 0 radical (unpaired) electrons. The average Bonchev–Trinajstić information content (AvgIpc) is 3.33. The Hall–Kier alpha value is -2.95. The quantitative estimate of drug-likeness (QED) is 0.412. The summed E-state index contributed by atoms with van der Waals surface area (Å²) < 4.78 is 79.3. The zero-order valence-electron chi connectivity index (χ0n) is 18.7. The van der Waals surface area contributed by atoms with Gasteiger partial charge in [0, 0.05) is 13.1 Å². The van der Waals surface area contributed by atoms with Crippen LogP contribution in [0.2, 0.25) is 5.02 Å². The molecular formula is C25H21ClF4N2O3S. The number of sulfonamides is 1. The third-order valence-corrected chi connectivity index (χ3v) is 8.16. The average molecular weight is 541 g/mol. The van der Waals surface area contributed by atoms with Gasteiger partial charge in [-0.2, -0.15) is 17.5 Å². The minimum Gasteiger partial charge on any atom is -0.351 e. The van der Waals surface area contributed by atoms with E-state index in [1.54, 1.807) is 24.3 Å². The maximum atomic E-state index is 13.2. The number of halogens is 5. The Balaban J connectivity index is 1.46. The van der Waals surface area contributed by atoms with Crippen LogP contribution < -0.4 is 5.32 Å². The van der Waals surface area contributed by atoms with Gasteiger partial charge in [0.05, 0.1) is 15.5 Å². The van der Waals surface area contributed by atoms with Crippen molar-refractivity contribution in [3.8, 4) is 11.1 Å². The van der Waals surface area contributed by atoms with Crippen molar-refractivity contribution in [2.45, 2.75) is 36.5 Å². The molecule has 0 spiro atoms. The van der Waals surface area contributed by atoms with Crippen LogP contribution in [0.1, 0.15) is 24.0 Å². The highest BCUT2D eigenvalue weighted by Gasteiger charge is 2.39. The Labute approximate surface area is 210 Å². The highest BCUT2D eigenvalue weighted by molar-refractivity contribution is 7.89. The number of carbonyl (C=O) groups excluding carboxylic acids is 1. The molecule has 1 saturated heterocycles. The Morgan fingerprint density at radius 2 is 1.72 bits per heavy atom. The van der Waals surface area contributed by atoms with Crippen LogP contribution >= 0.6 is 11.6 Å². The van der Waals surface area contributed by atoms with Crippen molar-refractivity contribution in [3.63, 3.8) is 0 Å². The lowest BCUT2D eigenvalue weighted by atomic mass is 10.0. The highest BCUT2D eigenvalue weighted by Crippen LogP contribution is 2.37. The summed E-state index contributed by atoms with van der Waals surface area (Å²) in [5, 5.41) is 2.33. The molecule has 36 heavy (non-hydrogen) atoms. The van der Waals surface area contributed by atoms with Crippen molar-refractivity contribution in [2.24, 2.45) is 0 Å². The summed E-state index contributed by atoms with van der Waals surface area (Å²) in [4.78, 5) is 12.8. The summed E-state index contributed by atoms with van der Waals surface area (Å²) in [7, 11) is -3.98. The van der Waals surface area contributed by atoms with Crippen LogP contribution in [0.25, 0.3) is 11.1 Å². The summed E-state index contributed by atoms with van der Waals surface area (Å²) in [5.41, 5.74) is 0.836. The highest BCUT2D eigenvalue weighted by atomic mass is 35.5. The summed E-state index contributed by atoms with van der Waals surface area (Å²) in [6.45, 7) is 0.254. The Bertz CT molecular complexity index is 1380. The molecule has 0 unspecified atom stereocenters. The normalized spacial score (nSPS) is 16.8. The standard InChI is InChI=1S/C25H21ClF4N2O3S/c26-22-14-18(6-11-21(22)25(28,29)30)17-4-1-3-16(13-17)15-31-24(33)23-5-2-12-32(23)36(34,35)20-9-7-19(27)8-10-20/h1,3-4,6-11,13-14,23H,2,5,12,15H2,(H,31,33)/t23-/m0/s1. The van der Waals surface area contributed by atoms with Gasteiger partial charge in [-0.3, -0.25) is 4.79 Å². The number of carbonyl (C=O) groups is 1. The number of rotatable bonds is 6. The Kier molecular flexibility index (Phi) is 7.40. The van der Waals surface area contributed by atoms with Crippen molar-refractivity contribution in [1.82, 2.24) is 9.62 Å². The number of amides is 1. The number of alkyl halides is 3. The van der Waals surface area contributed by atoms with E-state index in [4.69, 9.17) is 11.6 Å². The smallest absolute Gasteiger partial charge is 0.351 e. The van der Waals surface area contributed by atoms with Crippen molar-refractivity contribution in [3.05, 3.63) is 88.7 Å². The molecule has 1 heterocycles. The van der Waals surface area contributed by atoms with E-state index >= 15 is 0 Å². The van der Waals surface area contributed by atoms with E-state index in [1.165, 1.54) is 12.1 Å². The first-order valence-electron chi connectivity index (χ1n) is 11.0. The molecule has 1 aliphatic rings. The third kappa shape index (κ3) is 5.55. The van der Waals surface area contributed by atoms with Gasteiger partial charge in [-0.1, -0.05) is 35.9 Å². The molecule has 0 aromatic heterocycles. The topological polar surface area (TPSA) is 66.5 Å². The van der Waals surface area contributed by atoms with Crippen molar-refractivity contribution in [1.29, 1.82) is 0 Å². The molecule has 190 valence electrons. The van der Waals surface area contributed by atoms with Gasteiger partial charge < -0.3 is 5.32 Å². The van der Waals surface area contributed by atoms with Crippen LogP contribution in [0.3, 0.4) is 0 Å². The molecule has 11 heteroatoms. The Morgan fingerprint density at radius 1 is 1.03 bits per heavy atom. The predicted molar refractivity (Wildman–Crippen MR) is 127 cm³/mol. The number of benzene rings is 3. The van der Waals surface area contributed by atoms with Gasteiger partial charge in [0.25, 0.3) is 0 Å². The van der Waals surface area contributed by atoms with E-state index in [1.807, 2.05) is 0 Å². The van der Waals surface area contributed by atoms with Crippen molar-refractivity contribution >= 4 is 27.5 Å². The van der Waals surface area contributed by atoms with Crippen LogP contribution in [0.5, 0.6) is 0 Å². The molecule has 5 nitrogen and oxygen atoms in total. The van der Waals surface area contributed by atoms with Gasteiger partial charge in [-0.05, 0) is 72.0 Å². The van der Waals surface area contributed by atoms with Crippen LogP contribution in [0, 0.1) is 5.82 Å². The van der Waals surface area contributed by atoms with Gasteiger partial charge >= 0.3 is 6.18 Å². The molecule has 1 amide bonds. The lowest BCUT2D eigenvalue weighted by molar-refractivity contribution is -0.137. The number of hydrogen-bond donors (Lipinski definition) is 1. The van der Waals surface area contributed by atoms with Crippen LogP contribution in [0.4, 0.5) is 17.6 Å². The zero-order valence-corrected chi connectivity index (χ0v) is 20.3. The fraction of sp³-hybridized carbons (Fsp3) is 0.240. The molecule has 1 aliphatic heterocycles. The second kappa shape index (κ2) is 10.2. The van der Waals surface area contributed by atoms with E-state index in [2.05, 4.69) is 5.32 Å². The summed E-state index contributed by atoms with van der Waals surface area (Å²) in [5.74, 6) is -1.04. The molecule has 1 N–H and O–H groups in total. The van der Waals surface area contributed by atoms with Crippen LogP contribution in [0.15, 0.2) is 71.6 Å². The Morgan fingerprint density at radius 3 is 2.39 bits per heavy atom. The molecule has 0 bridgehead atoms. The van der Waals surface area contributed by atoms with Gasteiger partial charge in [0.1, 0.15) is 11.9 Å². The lowest BCUT2D eigenvalue weighted by Gasteiger charge is -2.23. The second-order valence-electron chi connectivity index (χ2n) is 8.34. The summed E-state index contributed by atoms with van der Waals surface area (Å²) >= 11 is 5.83. The number of nitrogens with zero attached hydrogens (tertiary/aromatic N) is 1. The van der Waals surface area contributed by atoms with Crippen molar-refractivity contribution < 1.29 is 30.8 Å². The first-order valence-corrected chi connectivity index (χ1v) is 12.8. The molecule has 0 saturated carbocycles. The minimum atomic E-state index is -4.56. The fourth-order valence-corrected chi connectivity index (χ4v) is 6.07. The van der Waals surface area contributed by atoms with E-state index in [9.17, 15) is 30.8 Å². The molecule has 3 aromatic rings. The molecule has 0 aliphatic carbocycles. The molecule has 1 atom stereocenters.